The highest BCUT2D eigenvalue weighted by Gasteiger charge is 2.56. The van der Waals surface area contributed by atoms with Crippen LogP contribution in [0.3, 0.4) is 0 Å². The lowest BCUT2D eigenvalue weighted by molar-refractivity contribution is -0.150. The van der Waals surface area contributed by atoms with Crippen LogP contribution < -0.4 is 15.4 Å². The van der Waals surface area contributed by atoms with E-state index in [4.69, 9.17) is 4.74 Å². The Morgan fingerprint density at radius 3 is 2.08 bits per heavy atom. The second-order valence-corrected chi connectivity index (χ2v) is 9.20. The number of aliphatic hydroxyl groups is 1. The maximum absolute atomic E-state index is 13.7. The Morgan fingerprint density at radius 1 is 0.917 bits per heavy atom. The summed E-state index contributed by atoms with van der Waals surface area (Å²) in [5, 5.41) is 17.1. The average Bonchev–Trinajstić information content (AvgIpc) is 2.84. The first-order valence-electron chi connectivity index (χ1n) is 12.0. The van der Waals surface area contributed by atoms with Crippen molar-refractivity contribution in [1.29, 1.82) is 0 Å². The molecule has 0 saturated heterocycles. The van der Waals surface area contributed by atoms with Gasteiger partial charge in [0.05, 0.1) is 18.1 Å². The minimum absolute atomic E-state index is 0.325. The largest absolute Gasteiger partial charge is 0.494 e. The lowest BCUT2D eigenvalue weighted by atomic mass is 9.61. The van der Waals surface area contributed by atoms with Crippen LogP contribution in [0.2, 0.25) is 0 Å². The molecular formula is C29H30N2O5. The van der Waals surface area contributed by atoms with E-state index >= 15 is 0 Å². The zero-order valence-electron chi connectivity index (χ0n) is 20.3. The molecule has 4 rings (SSSR count). The van der Waals surface area contributed by atoms with Gasteiger partial charge in [-0.2, -0.15) is 0 Å². The number of amides is 2. The molecule has 3 aromatic carbocycles. The molecular weight excluding hydrogens is 456 g/mol. The maximum atomic E-state index is 13.7. The van der Waals surface area contributed by atoms with Crippen molar-refractivity contribution >= 4 is 29.0 Å². The van der Waals surface area contributed by atoms with Crippen molar-refractivity contribution in [3.05, 3.63) is 90.5 Å². The minimum atomic E-state index is -1.67. The lowest BCUT2D eigenvalue weighted by Gasteiger charge is -2.44. The number of carbonyl (C=O) groups excluding carboxylic acids is 3. The average molecular weight is 487 g/mol. The third-order valence-corrected chi connectivity index (χ3v) is 6.47. The summed E-state index contributed by atoms with van der Waals surface area (Å²) in [6.07, 6.45) is -0.325. The molecule has 3 N–H and O–H groups in total. The maximum Gasteiger partial charge on any atom is 0.235 e. The number of rotatable bonds is 7. The Kier molecular flexibility index (Phi) is 7.50. The van der Waals surface area contributed by atoms with Gasteiger partial charge in [0.1, 0.15) is 17.5 Å². The fourth-order valence-corrected chi connectivity index (χ4v) is 4.95. The van der Waals surface area contributed by atoms with Gasteiger partial charge < -0.3 is 20.5 Å². The topological polar surface area (TPSA) is 105 Å². The SMILES string of the molecule is CCOc1cccc([C@H]2[C@H](C(=O)Nc3ccccc3)C(=O)C[C@@](C)(O)[C@@H]2C(=O)Nc2ccccc2)c1. The highest BCUT2D eigenvalue weighted by molar-refractivity contribution is 6.10. The van der Waals surface area contributed by atoms with Crippen molar-refractivity contribution in [2.45, 2.75) is 31.8 Å². The molecule has 0 aromatic heterocycles. The van der Waals surface area contributed by atoms with Crippen LogP contribution in [0.4, 0.5) is 11.4 Å². The molecule has 0 heterocycles. The Balaban J connectivity index is 1.78. The quantitative estimate of drug-likeness (QED) is 0.429. The van der Waals surface area contributed by atoms with Crippen molar-refractivity contribution < 1.29 is 24.2 Å². The van der Waals surface area contributed by atoms with Crippen molar-refractivity contribution in [2.24, 2.45) is 11.8 Å². The molecule has 4 atom stereocenters. The van der Waals surface area contributed by atoms with E-state index in [2.05, 4.69) is 10.6 Å². The number of benzene rings is 3. The number of ketones is 1. The van der Waals surface area contributed by atoms with Crippen LogP contribution in [0.5, 0.6) is 5.75 Å². The van der Waals surface area contributed by atoms with Gasteiger partial charge >= 0.3 is 0 Å². The molecule has 0 bridgehead atoms. The summed E-state index contributed by atoms with van der Waals surface area (Å²) in [4.78, 5) is 40.6. The molecule has 1 aliphatic carbocycles. The van der Waals surface area contributed by atoms with Gasteiger partial charge in [-0.15, -0.1) is 0 Å². The first-order chi connectivity index (χ1) is 17.3. The van der Waals surface area contributed by atoms with Crippen LogP contribution in [0.25, 0.3) is 0 Å². The Labute approximate surface area is 210 Å². The highest BCUT2D eigenvalue weighted by atomic mass is 16.5. The standard InChI is InChI=1S/C29H30N2O5/c1-3-36-22-16-10-11-19(17-22)24-25(27(33)30-20-12-6-4-7-13-20)23(32)18-29(2,35)26(24)28(34)31-21-14-8-5-9-15-21/h4-17,24-26,35H,3,18H2,1-2H3,(H,30,33)(H,31,34)/t24-,25+,26-,29+/m0/s1. The third kappa shape index (κ3) is 5.47. The van der Waals surface area contributed by atoms with E-state index < -0.39 is 41.0 Å². The zero-order valence-corrected chi connectivity index (χ0v) is 20.3. The fourth-order valence-electron chi connectivity index (χ4n) is 4.95. The van der Waals surface area contributed by atoms with E-state index in [0.29, 0.717) is 29.3 Å². The normalized spacial score (nSPS) is 23.5. The summed E-state index contributed by atoms with van der Waals surface area (Å²) in [6.45, 7) is 3.76. The number of nitrogens with one attached hydrogen (secondary N) is 2. The number of carbonyl (C=O) groups is 3. The van der Waals surface area contributed by atoms with Crippen LogP contribution in [0.15, 0.2) is 84.9 Å². The molecule has 7 nitrogen and oxygen atoms in total. The smallest absolute Gasteiger partial charge is 0.235 e. The summed E-state index contributed by atoms with van der Waals surface area (Å²) in [5.41, 5.74) is -0.0103. The summed E-state index contributed by atoms with van der Waals surface area (Å²) in [6, 6.07) is 24.7. The molecule has 1 aliphatic rings. The van der Waals surface area contributed by atoms with Gasteiger partial charge in [-0.1, -0.05) is 48.5 Å². The summed E-state index contributed by atoms with van der Waals surface area (Å²) in [5.74, 6) is -4.06. The Hall–Kier alpha value is -3.97. The van der Waals surface area contributed by atoms with Crippen LogP contribution in [-0.4, -0.2) is 34.9 Å². The Morgan fingerprint density at radius 2 is 1.50 bits per heavy atom. The number of para-hydroxylation sites is 2. The third-order valence-electron chi connectivity index (χ3n) is 6.47. The molecule has 0 radical (unpaired) electrons. The van der Waals surface area contributed by atoms with Gasteiger partial charge in [0.25, 0.3) is 0 Å². The van der Waals surface area contributed by atoms with Gasteiger partial charge in [-0.3, -0.25) is 14.4 Å². The first-order valence-corrected chi connectivity index (χ1v) is 12.0. The van der Waals surface area contributed by atoms with Crippen molar-refractivity contribution in [3.63, 3.8) is 0 Å². The van der Waals surface area contributed by atoms with E-state index in [-0.39, 0.29) is 6.42 Å². The zero-order chi connectivity index (χ0) is 25.7. The molecule has 1 saturated carbocycles. The Bertz CT molecular complexity index is 1230. The number of anilines is 2. The summed E-state index contributed by atoms with van der Waals surface area (Å²) < 4.78 is 5.65. The van der Waals surface area contributed by atoms with Crippen molar-refractivity contribution in [2.75, 3.05) is 17.2 Å². The van der Waals surface area contributed by atoms with Gasteiger partial charge in [-0.05, 0) is 55.8 Å². The molecule has 2 amide bonds. The molecule has 7 heteroatoms. The molecule has 36 heavy (non-hydrogen) atoms. The van der Waals surface area contributed by atoms with Gasteiger partial charge in [0.2, 0.25) is 11.8 Å². The lowest BCUT2D eigenvalue weighted by Crippen LogP contribution is -2.56. The minimum Gasteiger partial charge on any atom is -0.494 e. The van der Waals surface area contributed by atoms with E-state index in [1.165, 1.54) is 6.92 Å². The van der Waals surface area contributed by atoms with Gasteiger partial charge in [0.15, 0.2) is 0 Å². The fraction of sp³-hybridized carbons (Fsp3) is 0.276. The molecule has 186 valence electrons. The second-order valence-electron chi connectivity index (χ2n) is 9.20. The van der Waals surface area contributed by atoms with E-state index in [1.54, 1.807) is 72.8 Å². The van der Waals surface area contributed by atoms with Crippen LogP contribution in [0, 0.1) is 11.8 Å². The summed E-state index contributed by atoms with van der Waals surface area (Å²) in [7, 11) is 0. The number of Topliss-reactive ketones (excluding diaryl/α,β-unsaturated/α-hetero) is 1. The van der Waals surface area contributed by atoms with E-state index in [0.717, 1.165) is 0 Å². The predicted molar refractivity (Wildman–Crippen MR) is 138 cm³/mol. The molecule has 1 fully saturated rings. The number of ether oxygens (including phenoxy) is 1. The molecule has 0 unspecified atom stereocenters. The van der Waals surface area contributed by atoms with Crippen molar-refractivity contribution in [1.82, 2.24) is 0 Å². The highest BCUT2D eigenvalue weighted by Crippen LogP contribution is 2.47. The van der Waals surface area contributed by atoms with Crippen LogP contribution in [-0.2, 0) is 14.4 Å². The molecule has 0 aliphatic heterocycles. The molecule has 0 spiro atoms. The van der Waals surface area contributed by atoms with Crippen LogP contribution >= 0.6 is 0 Å². The predicted octanol–water partition coefficient (Wildman–Crippen LogP) is 4.40. The molecule has 3 aromatic rings. The van der Waals surface area contributed by atoms with Gasteiger partial charge in [0, 0.05) is 23.7 Å². The van der Waals surface area contributed by atoms with E-state index in [9.17, 15) is 19.5 Å². The monoisotopic (exact) mass is 486 g/mol. The number of hydrogen-bond acceptors (Lipinski definition) is 5. The first kappa shape index (κ1) is 25.1. The van der Waals surface area contributed by atoms with Crippen molar-refractivity contribution in [3.8, 4) is 5.75 Å². The van der Waals surface area contributed by atoms with Crippen LogP contribution in [0.1, 0.15) is 31.7 Å². The van der Waals surface area contributed by atoms with E-state index in [1.807, 2.05) is 19.1 Å². The number of hydrogen-bond donors (Lipinski definition) is 3. The van der Waals surface area contributed by atoms with Gasteiger partial charge in [-0.25, -0.2) is 0 Å². The second kappa shape index (κ2) is 10.7. The summed E-state index contributed by atoms with van der Waals surface area (Å²) >= 11 is 0.